The molecule has 1 heterocycles. The van der Waals surface area contributed by atoms with Crippen LogP contribution >= 0.6 is 0 Å². The van der Waals surface area contributed by atoms with Crippen molar-refractivity contribution in [2.24, 2.45) is 0 Å². The van der Waals surface area contributed by atoms with Crippen LogP contribution < -0.4 is 4.74 Å². The molecule has 6 heteroatoms. The molecule has 0 unspecified atom stereocenters. The van der Waals surface area contributed by atoms with E-state index in [-0.39, 0.29) is 5.54 Å². The van der Waals surface area contributed by atoms with Crippen molar-refractivity contribution >= 4 is 0 Å². The predicted molar refractivity (Wildman–Crippen MR) is 84.2 cm³/mol. The molecule has 118 valence electrons. The maximum atomic E-state index is 5.32. The number of ether oxygens (including phenoxy) is 1. The Bertz CT molecular complexity index is 631. The van der Waals surface area contributed by atoms with Crippen LogP contribution in [-0.2, 0) is 5.54 Å². The highest BCUT2D eigenvalue weighted by Crippen LogP contribution is 2.40. The first kappa shape index (κ1) is 15.0. The summed E-state index contributed by atoms with van der Waals surface area (Å²) in [6.07, 6.45) is 5.89. The maximum Gasteiger partial charge on any atom is 0.176 e. The molecular formula is C16H23N5O. The second kappa shape index (κ2) is 6.04. The van der Waals surface area contributed by atoms with Crippen LogP contribution in [0.2, 0.25) is 0 Å². The molecule has 0 bridgehead atoms. The number of rotatable bonds is 4. The van der Waals surface area contributed by atoms with Crippen LogP contribution in [0.1, 0.15) is 37.9 Å². The van der Waals surface area contributed by atoms with E-state index in [9.17, 15) is 0 Å². The zero-order chi connectivity index (χ0) is 15.6. The Hall–Kier alpha value is -1.95. The fourth-order valence-electron chi connectivity index (χ4n) is 3.40. The van der Waals surface area contributed by atoms with Gasteiger partial charge in [-0.25, -0.2) is 0 Å². The zero-order valence-electron chi connectivity index (χ0n) is 13.5. The van der Waals surface area contributed by atoms with Crippen molar-refractivity contribution in [1.29, 1.82) is 0 Å². The van der Waals surface area contributed by atoms with E-state index in [1.807, 2.05) is 28.9 Å². The number of aromatic nitrogens is 4. The van der Waals surface area contributed by atoms with E-state index in [0.717, 1.165) is 30.1 Å². The Kier molecular flexibility index (Phi) is 4.11. The molecule has 3 rings (SSSR count). The van der Waals surface area contributed by atoms with Crippen LogP contribution in [0.3, 0.4) is 0 Å². The Morgan fingerprint density at radius 2 is 1.95 bits per heavy atom. The highest BCUT2D eigenvalue weighted by Gasteiger charge is 2.41. The smallest absolute Gasteiger partial charge is 0.176 e. The lowest BCUT2D eigenvalue weighted by Gasteiger charge is -2.41. The van der Waals surface area contributed by atoms with Gasteiger partial charge >= 0.3 is 0 Å². The van der Waals surface area contributed by atoms with Gasteiger partial charge in [0.2, 0.25) is 0 Å². The summed E-state index contributed by atoms with van der Waals surface area (Å²) in [5.41, 5.74) is 0.844. The van der Waals surface area contributed by atoms with Gasteiger partial charge in [-0.2, -0.15) is 4.68 Å². The zero-order valence-corrected chi connectivity index (χ0v) is 13.5. The van der Waals surface area contributed by atoms with Gasteiger partial charge < -0.3 is 4.74 Å². The van der Waals surface area contributed by atoms with Gasteiger partial charge in [0.1, 0.15) is 5.75 Å². The molecule has 0 amide bonds. The topological polar surface area (TPSA) is 56.1 Å². The molecule has 6 nitrogen and oxygen atoms in total. The van der Waals surface area contributed by atoms with Crippen LogP contribution in [0.5, 0.6) is 5.75 Å². The molecule has 22 heavy (non-hydrogen) atoms. The fourth-order valence-corrected chi connectivity index (χ4v) is 3.40. The first-order valence-electron chi connectivity index (χ1n) is 7.78. The predicted octanol–water partition coefficient (Wildman–Crippen LogP) is 2.39. The Morgan fingerprint density at radius 1 is 1.18 bits per heavy atom. The molecule has 0 N–H and O–H groups in total. The highest BCUT2D eigenvalue weighted by molar-refractivity contribution is 5.39. The summed E-state index contributed by atoms with van der Waals surface area (Å²) < 4.78 is 7.17. The van der Waals surface area contributed by atoms with E-state index in [0.29, 0.717) is 0 Å². The normalized spacial score (nSPS) is 17.6. The van der Waals surface area contributed by atoms with Gasteiger partial charge in [-0.15, -0.1) is 5.10 Å². The molecule has 1 aliphatic carbocycles. The lowest BCUT2D eigenvalue weighted by Crippen LogP contribution is -2.45. The molecule has 1 saturated carbocycles. The highest BCUT2D eigenvalue weighted by atomic mass is 16.5. The summed E-state index contributed by atoms with van der Waals surface area (Å²) >= 11 is 0. The van der Waals surface area contributed by atoms with E-state index in [1.54, 1.807) is 7.11 Å². The van der Waals surface area contributed by atoms with Crippen LogP contribution in [0.15, 0.2) is 24.3 Å². The minimum absolute atomic E-state index is 0.0924. The van der Waals surface area contributed by atoms with E-state index < -0.39 is 0 Å². The maximum absolute atomic E-state index is 5.32. The third-order valence-corrected chi connectivity index (χ3v) is 4.72. The van der Waals surface area contributed by atoms with Gasteiger partial charge in [0.25, 0.3) is 0 Å². The van der Waals surface area contributed by atoms with Gasteiger partial charge in [0.05, 0.1) is 18.3 Å². The van der Waals surface area contributed by atoms with Crippen molar-refractivity contribution in [2.75, 3.05) is 21.2 Å². The number of nitrogens with zero attached hydrogens (tertiary/aromatic N) is 5. The lowest BCUT2D eigenvalue weighted by atomic mass is 9.80. The van der Waals surface area contributed by atoms with Gasteiger partial charge in [-0.05, 0) is 49.5 Å². The van der Waals surface area contributed by atoms with Crippen molar-refractivity contribution in [2.45, 2.75) is 37.6 Å². The summed E-state index contributed by atoms with van der Waals surface area (Å²) in [5.74, 6) is 1.73. The summed E-state index contributed by atoms with van der Waals surface area (Å²) in [4.78, 5) is 2.27. The standard InChI is InChI=1S/C16H23N5O/c1-20(2)16(10-5-4-6-11-16)15-17-18-19-21(15)13-8-7-9-14(12-13)22-3/h7-9,12H,4-6,10-11H2,1-3H3. The Balaban J connectivity index is 2.07. The number of tetrazole rings is 1. The van der Waals surface area contributed by atoms with Gasteiger partial charge in [0.15, 0.2) is 5.82 Å². The molecule has 1 aromatic heterocycles. The van der Waals surface area contributed by atoms with E-state index in [1.165, 1.54) is 19.3 Å². The molecule has 0 aliphatic heterocycles. The average Bonchev–Trinajstić information content (AvgIpc) is 3.05. The SMILES string of the molecule is COc1cccc(-n2nnnc2C2(N(C)C)CCCCC2)c1. The quantitative estimate of drug-likeness (QED) is 0.868. The van der Waals surface area contributed by atoms with E-state index in [2.05, 4.69) is 34.5 Å². The number of methoxy groups -OCH3 is 1. The lowest BCUT2D eigenvalue weighted by molar-refractivity contribution is 0.0865. The number of hydrogen-bond acceptors (Lipinski definition) is 5. The first-order valence-corrected chi connectivity index (χ1v) is 7.78. The molecular weight excluding hydrogens is 278 g/mol. The van der Waals surface area contributed by atoms with Gasteiger partial charge in [0, 0.05) is 6.07 Å². The van der Waals surface area contributed by atoms with E-state index >= 15 is 0 Å². The van der Waals surface area contributed by atoms with Crippen LogP contribution in [0.25, 0.3) is 5.69 Å². The van der Waals surface area contributed by atoms with E-state index in [4.69, 9.17) is 4.74 Å². The van der Waals surface area contributed by atoms with Crippen molar-refractivity contribution in [3.05, 3.63) is 30.1 Å². The van der Waals surface area contributed by atoms with Crippen molar-refractivity contribution in [1.82, 2.24) is 25.1 Å². The second-order valence-corrected chi connectivity index (χ2v) is 6.10. The third-order valence-electron chi connectivity index (χ3n) is 4.72. The minimum atomic E-state index is -0.0924. The van der Waals surface area contributed by atoms with Gasteiger partial charge in [-0.3, -0.25) is 4.90 Å². The Labute approximate surface area is 131 Å². The molecule has 0 spiro atoms. The van der Waals surface area contributed by atoms with Crippen molar-refractivity contribution < 1.29 is 4.74 Å². The third kappa shape index (κ3) is 2.47. The summed E-state index contributed by atoms with van der Waals surface area (Å²) in [6.45, 7) is 0. The number of benzene rings is 1. The molecule has 0 radical (unpaired) electrons. The molecule has 0 atom stereocenters. The molecule has 0 saturated heterocycles. The van der Waals surface area contributed by atoms with Crippen LogP contribution in [0, 0.1) is 0 Å². The minimum Gasteiger partial charge on any atom is -0.497 e. The molecule has 2 aromatic rings. The van der Waals surface area contributed by atoms with Crippen molar-refractivity contribution in [3.63, 3.8) is 0 Å². The van der Waals surface area contributed by atoms with Crippen LogP contribution in [0.4, 0.5) is 0 Å². The molecule has 1 fully saturated rings. The summed E-state index contributed by atoms with van der Waals surface area (Å²) in [7, 11) is 5.91. The summed E-state index contributed by atoms with van der Waals surface area (Å²) in [5, 5.41) is 12.6. The van der Waals surface area contributed by atoms with Crippen LogP contribution in [-0.4, -0.2) is 46.3 Å². The first-order chi connectivity index (χ1) is 10.7. The largest absolute Gasteiger partial charge is 0.497 e. The van der Waals surface area contributed by atoms with Crippen molar-refractivity contribution in [3.8, 4) is 11.4 Å². The fraction of sp³-hybridized carbons (Fsp3) is 0.562. The second-order valence-electron chi connectivity index (χ2n) is 6.10. The average molecular weight is 301 g/mol. The summed E-state index contributed by atoms with van der Waals surface area (Å²) in [6, 6.07) is 7.86. The van der Waals surface area contributed by atoms with Gasteiger partial charge in [-0.1, -0.05) is 25.3 Å². The number of hydrogen-bond donors (Lipinski definition) is 0. The monoisotopic (exact) mass is 301 g/mol. The Morgan fingerprint density at radius 3 is 2.64 bits per heavy atom. The molecule has 1 aromatic carbocycles. The molecule has 1 aliphatic rings.